The number of aromatic hydroxyl groups is 2. The predicted octanol–water partition coefficient (Wildman–Crippen LogP) is 13.8. The molecule has 3 aromatic rings. The third-order valence-electron chi connectivity index (χ3n) is 11.2. The maximum atomic E-state index is 14.9. The number of ketones is 1. The first-order valence-electron chi connectivity index (χ1n) is 23.9. The zero-order valence-electron chi connectivity index (χ0n) is 38.2. The molecule has 62 heavy (non-hydrogen) atoms. The van der Waals surface area contributed by atoms with Crippen molar-refractivity contribution in [1.82, 2.24) is 0 Å². The van der Waals surface area contributed by atoms with E-state index in [4.69, 9.17) is 18.6 Å². The molecule has 0 aliphatic rings. The van der Waals surface area contributed by atoms with Gasteiger partial charge in [0.1, 0.15) is 33.8 Å². The molecule has 0 saturated heterocycles. The number of Topliss-reactive ketones (excluding diaryl/α,β-unsaturated/α-hetero) is 1. The molecule has 0 fully saturated rings. The fourth-order valence-electron chi connectivity index (χ4n) is 7.55. The molecule has 0 amide bonds. The first-order chi connectivity index (χ1) is 30.1. The summed E-state index contributed by atoms with van der Waals surface area (Å²) >= 11 is 0. The molecule has 3 rings (SSSR count). The van der Waals surface area contributed by atoms with Gasteiger partial charge in [0.15, 0.2) is 17.3 Å². The van der Waals surface area contributed by atoms with Crippen LogP contribution in [0.25, 0.3) is 22.3 Å². The number of unbranched alkanes of at least 4 members (excludes halogenated alkanes) is 20. The maximum absolute atomic E-state index is 14.9. The third kappa shape index (κ3) is 17.6. The lowest BCUT2D eigenvalue weighted by atomic mass is 9.98. The molecule has 2 aromatic carbocycles. The highest BCUT2D eigenvalue weighted by Crippen LogP contribution is 2.43. The van der Waals surface area contributed by atoms with E-state index in [0.717, 1.165) is 134 Å². The third-order valence-corrected chi connectivity index (χ3v) is 11.2. The molecule has 11 nitrogen and oxygen atoms in total. The lowest BCUT2D eigenvalue weighted by molar-refractivity contribution is -0.135. The highest BCUT2D eigenvalue weighted by molar-refractivity contribution is 6.08. The number of esters is 3. The average Bonchev–Trinajstić information content (AvgIpc) is 3.24. The van der Waals surface area contributed by atoms with Gasteiger partial charge in [0, 0.05) is 37.8 Å². The molecular formula is C51H74O11. The number of fused-ring (bicyclic) bond motifs is 1. The highest BCUT2D eigenvalue weighted by Gasteiger charge is 2.32. The molecule has 344 valence electrons. The summed E-state index contributed by atoms with van der Waals surface area (Å²) in [6.07, 6.45) is 22.1. The standard InChI is InChI=1S/C51H74O11/c1-5-9-13-17-21-25-29-39(53)46-41(59-43(55)30-26-22-18-14-10-6-2)36-42-47(50(46)61-44(56)31-27-23-19-15-11-7-3)48(58)51(62-45(57)32-28-24-20-16-12-8-4)49(60-42)38-34-33-37(52)35-40(38)54/h33-36,52,54H,5-32H2,1-4H3. The zero-order chi connectivity index (χ0) is 45.1. The number of carbonyl (C=O) groups excluding carboxylic acids is 4. The Hall–Kier alpha value is -4.67. The zero-order valence-corrected chi connectivity index (χ0v) is 38.2. The lowest BCUT2D eigenvalue weighted by Crippen LogP contribution is -2.20. The molecule has 11 heteroatoms. The van der Waals surface area contributed by atoms with Crippen molar-refractivity contribution in [2.75, 3.05) is 0 Å². The van der Waals surface area contributed by atoms with E-state index in [2.05, 4.69) is 27.7 Å². The van der Waals surface area contributed by atoms with E-state index in [0.29, 0.717) is 25.7 Å². The summed E-state index contributed by atoms with van der Waals surface area (Å²) in [4.78, 5) is 69.9. The molecule has 0 saturated carbocycles. The lowest BCUT2D eigenvalue weighted by Gasteiger charge is -2.18. The van der Waals surface area contributed by atoms with Crippen LogP contribution in [0.4, 0.5) is 0 Å². The average molecular weight is 863 g/mol. The second-order valence-corrected chi connectivity index (χ2v) is 16.7. The van der Waals surface area contributed by atoms with Crippen molar-refractivity contribution in [2.24, 2.45) is 0 Å². The number of hydrogen-bond donors (Lipinski definition) is 2. The fraction of sp³-hybridized carbons (Fsp3) is 0.627. The molecular weight excluding hydrogens is 789 g/mol. The number of hydrogen-bond acceptors (Lipinski definition) is 11. The summed E-state index contributed by atoms with van der Waals surface area (Å²) in [7, 11) is 0. The monoisotopic (exact) mass is 863 g/mol. The largest absolute Gasteiger partial charge is 0.508 e. The van der Waals surface area contributed by atoms with E-state index in [1.807, 2.05) is 0 Å². The summed E-state index contributed by atoms with van der Waals surface area (Å²) < 4.78 is 24.1. The summed E-state index contributed by atoms with van der Waals surface area (Å²) in [5, 5.41) is 20.7. The van der Waals surface area contributed by atoms with E-state index in [9.17, 15) is 34.2 Å². The van der Waals surface area contributed by atoms with E-state index in [-0.39, 0.29) is 65.0 Å². The first-order valence-corrected chi connectivity index (χ1v) is 23.9. The quantitative estimate of drug-likeness (QED) is 0.0259. The van der Waals surface area contributed by atoms with Gasteiger partial charge in [0.2, 0.25) is 11.2 Å². The second kappa shape index (κ2) is 29.6. The van der Waals surface area contributed by atoms with Gasteiger partial charge in [0.25, 0.3) is 0 Å². The van der Waals surface area contributed by atoms with Crippen LogP contribution in [0, 0.1) is 0 Å². The van der Waals surface area contributed by atoms with E-state index >= 15 is 0 Å². The number of ether oxygens (including phenoxy) is 3. The number of phenols is 2. The molecule has 2 N–H and O–H groups in total. The number of rotatable bonds is 33. The summed E-state index contributed by atoms with van der Waals surface area (Å²) in [5.41, 5.74) is -1.45. The van der Waals surface area contributed by atoms with E-state index in [1.54, 1.807) is 0 Å². The van der Waals surface area contributed by atoms with E-state index < -0.39 is 46.4 Å². The molecule has 0 radical (unpaired) electrons. The minimum absolute atomic E-state index is 0.000185. The van der Waals surface area contributed by atoms with Gasteiger partial charge in [-0.05, 0) is 37.8 Å². The molecule has 0 unspecified atom stereocenters. The second-order valence-electron chi connectivity index (χ2n) is 16.7. The highest BCUT2D eigenvalue weighted by atomic mass is 16.6. The molecule has 1 heterocycles. The normalized spacial score (nSPS) is 11.2. The van der Waals surface area contributed by atoms with Crippen molar-refractivity contribution in [3.8, 4) is 40.1 Å². The van der Waals surface area contributed by atoms with Crippen molar-refractivity contribution >= 4 is 34.7 Å². The smallest absolute Gasteiger partial charge is 0.311 e. The van der Waals surface area contributed by atoms with Crippen LogP contribution >= 0.6 is 0 Å². The molecule has 0 aliphatic heterocycles. The Morgan fingerprint density at radius 3 is 1.40 bits per heavy atom. The van der Waals surface area contributed by atoms with Crippen LogP contribution in [0.1, 0.15) is 218 Å². The van der Waals surface area contributed by atoms with Crippen LogP contribution in [0.5, 0.6) is 28.7 Å². The number of carbonyl (C=O) groups is 4. The van der Waals surface area contributed by atoms with Gasteiger partial charge in [-0.15, -0.1) is 0 Å². The minimum Gasteiger partial charge on any atom is -0.508 e. The summed E-state index contributed by atoms with van der Waals surface area (Å²) in [6, 6.07) is 4.89. The van der Waals surface area contributed by atoms with Crippen molar-refractivity contribution in [3.63, 3.8) is 0 Å². The Labute approximate surface area is 369 Å². The van der Waals surface area contributed by atoms with Gasteiger partial charge in [-0.2, -0.15) is 0 Å². The van der Waals surface area contributed by atoms with Gasteiger partial charge < -0.3 is 28.8 Å². The van der Waals surface area contributed by atoms with Gasteiger partial charge in [0.05, 0.1) is 5.56 Å². The van der Waals surface area contributed by atoms with Crippen LogP contribution in [-0.2, 0) is 14.4 Å². The van der Waals surface area contributed by atoms with Crippen molar-refractivity contribution in [2.45, 2.75) is 207 Å². The SMILES string of the molecule is CCCCCCCCC(=O)Oc1cc2oc(-c3ccc(O)cc3O)c(OC(=O)CCCCCCCC)c(=O)c2c(OC(=O)CCCCCCCC)c1C(=O)CCCCCCCC. The van der Waals surface area contributed by atoms with E-state index in [1.165, 1.54) is 18.2 Å². The van der Waals surface area contributed by atoms with Crippen LogP contribution < -0.4 is 19.6 Å². The molecule has 0 aliphatic carbocycles. The number of phenolic OH excluding ortho intramolecular Hbond substituents is 2. The van der Waals surface area contributed by atoms with Crippen LogP contribution in [-0.4, -0.2) is 33.9 Å². The van der Waals surface area contributed by atoms with Gasteiger partial charge >= 0.3 is 17.9 Å². The van der Waals surface area contributed by atoms with Crippen LogP contribution in [0.3, 0.4) is 0 Å². The Balaban J connectivity index is 2.23. The van der Waals surface area contributed by atoms with Gasteiger partial charge in [-0.1, -0.05) is 156 Å². The minimum atomic E-state index is -0.925. The predicted molar refractivity (Wildman–Crippen MR) is 244 cm³/mol. The Kier molecular flexibility index (Phi) is 24.7. The molecule has 0 atom stereocenters. The van der Waals surface area contributed by atoms with Crippen molar-refractivity contribution < 1.29 is 48.0 Å². The van der Waals surface area contributed by atoms with Gasteiger partial charge in [-0.25, -0.2) is 0 Å². The Morgan fingerprint density at radius 2 is 0.935 bits per heavy atom. The Morgan fingerprint density at radius 1 is 0.516 bits per heavy atom. The van der Waals surface area contributed by atoms with Gasteiger partial charge in [-0.3, -0.25) is 24.0 Å². The first kappa shape index (κ1) is 51.7. The summed E-state index contributed by atoms with van der Waals surface area (Å²) in [5.74, 6) is -4.76. The summed E-state index contributed by atoms with van der Waals surface area (Å²) in [6.45, 7) is 8.51. The Bertz CT molecular complexity index is 1910. The van der Waals surface area contributed by atoms with Crippen LogP contribution in [0.15, 0.2) is 33.5 Å². The molecule has 0 spiro atoms. The topological polar surface area (TPSA) is 167 Å². The number of benzene rings is 2. The molecule has 0 bridgehead atoms. The van der Waals surface area contributed by atoms with Crippen molar-refractivity contribution in [1.29, 1.82) is 0 Å². The van der Waals surface area contributed by atoms with Crippen LogP contribution in [0.2, 0.25) is 0 Å². The maximum Gasteiger partial charge on any atom is 0.311 e. The van der Waals surface area contributed by atoms with Crippen molar-refractivity contribution in [3.05, 3.63) is 40.1 Å². The fourth-order valence-corrected chi connectivity index (χ4v) is 7.55. The molecule has 1 aromatic heterocycles.